The zero-order chi connectivity index (χ0) is 77.4. The van der Waals surface area contributed by atoms with Gasteiger partial charge in [0.1, 0.15) is 18.1 Å². The van der Waals surface area contributed by atoms with Gasteiger partial charge in [-0.15, -0.1) is 0 Å². The maximum Gasteiger partial charge on any atom is 0.305 e. The minimum atomic E-state index is -1.13. The summed E-state index contributed by atoms with van der Waals surface area (Å²) < 4.78 is 29.0. The second-order valence-electron chi connectivity index (χ2n) is 26.2. The molecule has 0 fully saturated rings. The highest BCUT2D eigenvalue weighted by atomic mass is 16.5. The fourth-order valence-electron chi connectivity index (χ4n) is 12.3. The number of amides is 7. The van der Waals surface area contributed by atoms with Gasteiger partial charge in [-0.25, -0.2) is 0 Å². The standard InChI is InChI=1S/C78H124N8O19/c1-9-34-62(75(96)79-49-25-15-22-42-69(90)100-3)84(56-32-46-73(94)104-7)66(87)40-30-41-67(88)86(55-29-12-11-28-53-83(54-31-45-72(93)103-6)64(58-60-36-18-13-19-37-60)77(98)81-51-27-17-24-44-71(92)102-5)65(59-61-38-20-14-21-39-61)78(99)82-52-48-68(89)85(57-33-47-74(95)105-8)63(35-10-2)76(97)80-50-26-16-23-43-70(91)101-4/h13-14,18-21,36-39,62-65H,9-12,15-17,22-35,40-59H2,1-8H3,(H,79,96)(H,80,97)(H,81,98)(H,82,99). The zero-order valence-electron chi connectivity index (χ0n) is 64.1. The summed E-state index contributed by atoms with van der Waals surface area (Å²) in [5.41, 5.74) is 1.69. The fraction of sp³-hybridized carbons (Fsp3) is 0.679. The van der Waals surface area contributed by atoms with Gasteiger partial charge >= 0.3 is 35.8 Å². The van der Waals surface area contributed by atoms with Crippen LogP contribution in [0.4, 0.5) is 0 Å². The Morgan fingerprint density at radius 3 is 0.962 bits per heavy atom. The van der Waals surface area contributed by atoms with E-state index in [1.165, 1.54) is 57.4 Å². The van der Waals surface area contributed by atoms with Crippen LogP contribution in [0.15, 0.2) is 60.7 Å². The van der Waals surface area contributed by atoms with Crippen LogP contribution in [-0.4, -0.2) is 222 Å². The number of nitrogens with one attached hydrogen (secondary N) is 4. The van der Waals surface area contributed by atoms with E-state index in [0.717, 1.165) is 11.1 Å². The van der Waals surface area contributed by atoms with Gasteiger partial charge in [0, 0.05) is 110 Å². The average Bonchev–Trinajstić information content (AvgIpc) is 0.860. The molecule has 0 aliphatic carbocycles. The normalized spacial score (nSPS) is 12.1. The Morgan fingerprint density at radius 1 is 0.295 bits per heavy atom. The van der Waals surface area contributed by atoms with Crippen LogP contribution >= 0.6 is 0 Å². The van der Waals surface area contributed by atoms with Gasteiger partial charge in [-0.3, -0.25) is 67.2 Å². The Kier molecular flexibility index (Phi) is 51.0. The van der Waals surface area contributed by atoms with Crippen molar-refractivity contribution in [3.63, 3.8) is 0 Å². The third-order valence-corrected chi connectivity index (χ3v) is 18.2. The smallest absolute Gasteiger partial charge is 0.305 e. The third-order valence-electron chi connectivity index (χ3n) is 18.2. The van der Waals surface area contributed by atoms with Crippen molar-refractivity contribution in [3.05, 3.63) is 71.8 Å². The van der Waals surface area contributed by atoms with E-state index in [9.17, 15) is 52.7 Å². The fourth-order valence-corrected chi connectivity index (χ4v) is 12.3. The van der Waals surface area contributed by atoms with E-state index in [2.05, 4.69) is 26.2 Å². The van der Waals surface area contributed by atoms with Crippen molar-refractivity contribution in [1.82, 2.24) is 40.9 Å². The van der Waals surface area contributed by atoms with Crippen LogP contribution in [0.25, 0.3) is 0 Å². The molecule has 105 heavy (non-hydrogen) atoms. The van der Waals surface area contributed by atoms with Crippen LogP contribution < -0.4 is 21.3 Å². The molecular weight excluding hydrogens is 1350 g/mol. The molecule has 0 saturated heterocycles. The molecular formula is C78H124N8O19. The Balaban J connectivity index is 2.62. The predicted molar refractivity (Wildman–Crippen MR) is 396 cm³/mol. The molecule has 27 nitrogen and oxygen atoms in total. The molecule has 590 valence electrons. The molecule has 0 saturated carbocycles. The van der Waals surface area contributed by atoms with Crippen LogP contribution in [0.5, 0.6) is 0 Å². The highest BCUT2D eigenvalue weighted by molar-refractivity contribution is 5.91. The van der Waals surface area contributed by atoms with Crippen molar-refractivity contribution in [2.45, 2.75) is 243 Å². The molecule has 2 aromatic rings. The number of carbonyl (C=O) groups is 13. The van der Waals surface area contributed by atoms with Gasteiger partial charge in [0.2, 0.25) is 41.4 Å². The summed E-state index contributed by atoms with van der Waals surface area (Å²) in [6, 6.07) is 15.3. The molecule has 27 heteroatoms. The summed E-state index contributed by atoms with van der Waals surface area (Å²) in [4.78, 5) is 180. The Morgan fingerprint density at radius 2 is 0.581 bits per heavy atom. The van der Waals surface area contributed by atoms with Gasteiger partial charge < -0.3 is 64.4 Å². The van der Waals surface area contributed by atoms with Gasteiger partial charge in [0.15, 0.2) is 0 Å². The SMILES string of the molecule is CCCC(C(=O)NCCCCCC(=O)OC)N(CCCC(=O)OC)C(=O)CCCC(=O)N(CCCCCCN(CCCC(=O)OC)C(Cc1ccccc1)C(=O)NCCCCCC(=O)OC)C(Cc1ccccc1)C(=O)NCCC(=O)N(CCCC(=O)OC)C(CCC)C(=O)NCCCCCC(=O)OC. The van der Waals surface area contributed by atoms with Crippen molar-refractivity contribution in [2.75, 3.05) is 102 Å². The molecule has 0 spiro atoms. The van der Waals surface area contributed by atoms with Crippen molar-refractivity contribution >= 4 is 77.2 Å². The molecule has 2 rings (SSSR count). The number of carbonyl (C=O) groups excluding carboxylic acids is 13. The molecule has 0 bridgehead atoms. The molecule has 0 aliphatic heterocycles. The number of unbranched alkanes of at least 4 members (excludes halogenated alkanes) is 9. The van der Waals surface area contributed by atoms with Crippen molar-refractivity contribution in [3.8, 4) is 0 Å². The van der Waals surface area contributed by atoms with Crippen LogP contribution in [0.2, 0.25) is 0 Å². The van der Waals surface area contributed by atoms with E-state index in [0.29, 0.717) is 155 Å². The summed E-state index contributed by atoms with van der Waals surface area (Å²) >= 11 is 0. The maximum absolute atomic E-state index is 15.2. The van der Waals surface area contributed by atoms with Gasteiger partial charge in [-0.1, -0.05) is 119 Å². The number of hydrogen-bond donors (Lipinski definition) is 4. The third kappa shape index (κ3) is 40.6. The first-order valence-electron chi connectivity index (χ1n) is 37.9. The minimum Gasteiger partial charge on any atom is -0.469 e. The molecule has 0 radical (unpaired) electrons. The van der Waals surface area contributed by atoms with Crippen molar-refractivity contribution in [1.29, 1.82) is 0 Å². The lowest BCUT2D eigenvalue weighted by atomic mass is 10.0. The first kappa shape index (κ1) is 92.6. The van der Waals surface area contributed by atoms with Crippen molar-refractivity contribution in [2.24, 2.45) is 0 Å². The quantitative estimate of drug-likeness (QED) is 0.0277. The number of methoxy groups -OCH3 is 6. The van der Waals surface area contributed by atoms with E-state index < -0.39 is 59.7 Å². The predicted octanol–water partition coefficient (Wildman–Crippen LogP) is 7.98. The summed E-state index contributed by atoms with van der Waals surface area (Å²) in [7, 11) is 7.87. The lowest BCUT2D eigenvalue weighted by Crippen LogP contribution is -2.52. The van der Waals surface area contributed by atoms with Crippen LogP contribution in [-0.2, 0) is 104 Å². The van der Waals surface area contributed by atoms with Gasteiger partial charge in [0.05, 0.1) is 48.7 Å². The molecule has 0 aliphatic rings. The number of nitrogens with zero attached hydrogens (tertiary/aromatic N) is 4. The van der Waals surface area contributed by atoms with Crippen molar-refractivity contribution < 1.29 is 90.8 Å². The number of ether oxygens (including phenoxy) is 6. The first-order valence-corrected chi connectivity index (χ1v) is 37.9. The summed E-state index contributed by atoms with van der Waals surface area (Å²) in [6.45, 7) is 5.68. The van der Waals surface area contributed by atoms with E-state index in [-0.39, 0.29) is 151 Å². The highest BCUT2D eigenvalue weighted by Crippen LogP contribution is 2.21. The van der Waals surface area contributed by atoms with E-state index in [1.54, 1.807) is 0 Å². The molecule has 4 N–H and O–H groups in total. The van der Waals surface area contributed by atoms with E-state index in [1.807, 2.05) is 74.5 Å². The molecule has 0 aromatic heterocycles. The number of esters is 6. The molecule has 2 aromatic carbocycles. The lowest BCUT2D eigenvalue weighted by Gasteiger charge is -2.33. The monoisotopic (exact) mass is 1480 g/mol. The largest absolute Gasteiger partial charge is 0.469 e. The van der Waals surface area contributed by atoms with Crippen LogP contribution in [0.1, 0.15) is 218 Å². The minimum absolute atomic E-state index is 0.00798. The molecule has 7 amide bonds. The van der Waals surface area contributed by atoms with Crippen LogP contribution in [0.3, 0.4) is 0 Å². The Hall–Kier alpha value is -8.49. The Labute approximate surface area is 623 Å². The summed E-state index contributed by atoms with van der Waals surface area (Å²) in [6.07, 6.45) is 11.2. The van der Waals surface area contributed by atoms with Gasteiger partial charge in [-0.05, 0) is 121 Å². The Bertz CT molecular complexity index is 2890. The molecule has 4 unspecified atom stereocenters. The lowest BCUT2D eigenvalue weighted by molar-refractivity contribution is -0.144. The average molecular weight is 1480 g/mol. The molecule has 0 heterocycles. The summed E-state index contributed by atoms with van der Waals surface area (Å²) in [5, 5.41) is 12.0. The van der Waals surface area contributed by atoms with E-state index >= 15 is 9.59 Å². The second-order valence-corrected chi connectivity index (χ2v) is 26.2. The zero-order valence-corrected chi connectivity index (χ0v) is 64.1. The second kappa shape index (κ2) is 57.8. The van der Waals surface area contributed by atoms with Gasteiger partial charge in [0.25, 0.3) is 0 Å². The highest BCUT2D eigenvalue weighted by Gasteiger charge is 2.34. The number of benzene rings is 2. The topological polar surface area (TPSA) is 338 Å². The molecule has 4 atom stereocenters. The van der Waals surface area contributed by atoms with E-state index in [4.69, 9.17) is 28.4 Å². The van der Waals surface area contributed by atoms with Gasteiger partial charge in [-0.2, -0.15) is 0 Å². The first-order chi connectivity index (χ1) is 50.7. The summed E-state index contributed by atoms with van der Waals surface area (Å²) in [5.74, 6) is -5.03. The maximum atomic E-state index is 15.2. The number of rotatable bonds is 60. The van der Waals surface area contributed by atoms with Crippen LogP contribution in [0, 0.1) is 0 Å². The number of hydrogen-bond acceptors (Lipinski definition) is 20.